The minimum absolute atomic E-state index is 0.0168. The van der Waals surface area contributed by atoms with E-state index >= 15 is 0 Å². The summed E-state index contributed by atoms with van der Waals surface area (Å²) in [5.74, 6) is 2.65. The Balaban J connectivity index is 1.26. The van der Waals surface area contributed by atoms with Crippen LogP contribution in [0.25, 0.3) is 10.2 Å². The van der Waals surface area contributed by atoms with Crippen LogP contribution in [0.5, 0.6) is 0 Å². The van der Waals surface area contributed by atoms with Gasteiger partial charge in [-0.2, -0.15) is 11.8 Å². The number of hydrogen-bond donors (Lipinski definition) is 3. The summed E-state index contributed by atoms with van der Waals surface area (Å²) >= 11 is 3.27. The first-order chi connectivity index (χ1) is 12.6. The van der Waals surface area contributed by atoms with Crippen LogP contribution in [0.1, 0.15) is 41.9 Å². The van der Waals surface area contributed by atoms with Crippen LogP contribution >= 0.6 is 23.1 Å². The summed E-state index contributed by atoms with van der Waals surface area (Å²) in [6, 6.07) is 0.0972. The van der Waals surface area contributed by atoms with Crippen molar-refractivity contribution in [2.45, 2.75) is 50.3 Å². The smallest absolute Gasteiger partial charge is 0.259 e. The van der Waals surface area contributed by atoms with Crippen LogP contribution in [-0.4, -0.2) is 34.2 Å². The van der Waals surface area contributed by atoms with Crippen LogP contribution in [0.2, 0.25) is 0 Å². The Morgan fingerprint density at radius 1 is 1.42 bits per heavy atom. The average molecular weight is 393 g/mol. The number of aromatic nitrogens is 2. The van der Waals surface area contributed by atoms with E-state index in [1.165, 1.54) is 23.3 Å². The molecule has 4 N–H and O–H groups in total. The van der Waals surface area contributed by atoms with Gasteiger partial charge in [-0.15, -0.1) is 11.3 Å². The molecule has 0 spiro atoms. The number of hydrogen-bond acceptors (Lipinski definition) is 6. The number of carbonyl (C=O) groups excluding carboxylic acids is 1. The Labute approximate surface area is 160 Å². The standard InChI is InChI=1S/C18H24N4O2S2/c19-12(10-4-5-10)8-20-15(23)6-7-25-9-14-21-17(24)16-11-2-1-3-13(11)26-18(16)22-14/h10,12H,1-9,19H2,(H,20,23)(H,21,22,24). The second-order valence-electron chi connectivity index (χ2n) is 7.16. The number of thioether (sulfide) groups is 1. The molecule has 2 aromatic rings. The molecule has 4 rings (SSSR count). The number of aromatic amines is 1. The predicted molar refractivity (Wildman–Crippen MR) is 107 cm³/mol. The molecule has 1 amide bonds. The number of amides is 1. The van der Waals surface area contributed by atoms with Crippen molar-refractivity contribution >= 4 is 39.2 Å². The molecule has 0 saturated heterocycles. The number of H-pyrrole nitrogens is 1. The predicted octanol–water partition coefficient (Wildman–Crippen LogP) is 1.95. The molecule has 0 aliphatic heterocycles. The van der Waals surface area contributed by atoms with E-state index in [9.17, 15) is 9.59 Å². The van der Waals surface area contributed by atoms with E-state index in [2.05, 4.69) is 15.3 Å². The zero-order valence-electron chi connectivity index (χ0n) is 14.7. The van der Waals surface area contributed by atoms with Crippen LogP contribution in [0.3, 0.4) is 0 Å². The fraction of sp³-hybridized carbons (Fsp3) is 0.611. The van der Waals surface area contributed by atoms with Gasteiger partial charge in [0.25, 0.3) is 5.56 Å². The van der Waals surface area contributed by atoms with Gasteiger partial charge in [0.05, 0.1) is 11.1 Å². The molecule has 2 aromatic heterocycles. The van der Waals surface area contributed by atoms with E-state index < -0.39 is 0 Å². The van der Waals surface area contributed by atoms with Crippen LogP contribution in [0.15, 0.2) is 4.79 Å². The molecule has 0 radical (unpaired) electrons. The van der Waals surface area contributed by atoms with E-state index in [4.69, 9.17) is 5.73 Å². The molecule has 1 fully saturated rings. The van der Waals surface area contributed by atoms with Crippen molar-refractivity contribution in [1.82, 2.24) is 15.3 Å². The molecule has 140 valence electrons. The summed E-state index contributed by atoms with van der Waals surface area (Å²) in [6.07, 6.45) is 6.04. The third kappa shape index (κ3) is 3.97. The Hall–Kier alpha value is -1.38. The minimum Gasteiger partial charge on any atom is -0.355 e. The lowest BCUT2D eigenvalue weighted by Crippen LogP contribution is -2.38. The first-order valence-corrected chi connectivity index (χ1v) is 11.2. The second-order valence-corrected chi connectivity index (χ2v) is 9.35. The normalized spacial score (nSPS) is 17.4. The minimum atomic E-state index is -0.0168. The molecule has 0 aromatic carbocycles. The zero-order valence-corrected chi connectivity index (χ0v) is 16.3. The van der Waals surface area contributed by atoms with E-state index in [1.54, 1.807) is 23.1 Å². The maximum Gasteiger partial charge on any atom is 0.259 e. The number of fused-ring (bicyclic) bond motifs is 3. The first kappa shape index (κ1) is 18.0. The Bertz CT molecular complexity index is 872. The second kappa shape index (κ2) is 7.70. The monoisotopic (exact) mass is 392 g/mol. The highest BCUT2D eigenvalue weighted by molar-refractivity contribution is 7.98. The Morgan fingerprint density at radius 2 is 2.27 bits per heavy atom. The maximum atomic E-state index is 12.4. The van der Waals surface area contributed by atoms with Gasteiger partial charge in [-0.05, 0) is 43.6 Å². The molecule has 6 nitrogen and oxygen atoms in total. The highest BCUT2D eigenvalue weighted by atomic mass is 32.2. The lowest BCUT2D eigenvalue weighted by molar-refractivity contribution is -0.120. The largest absolute Gasteiger partial charge is 0.355 e. The van der Waals surface area contributed by atoms with Crippen LogP contribution in [-0.2, 0) is 23.4 Å². The quantitative estimate of drug-likeness (QED) is 0.596. The lowest BCUT2D eigenvalue weighted by Gasteiger charge is -2.11. The fourth-order valence-electron chi connectivity index (χ4n) is 3.46. The molecule has 2 heterocycles. The SMILES string of the molecule is NC(CNC(=O)CCSCc1nc2sc3c(c2c(=O)[nH]1)CCC3)C1CC1. The third-order valence-electron chi connectivity index (χ3n) is 5.10. The van der Waals surface area contributed by atoms with Crippen molar-refractivity contribution in [3.63, 3.8) is 0 Å². The van der Waals surface area contributed by atoms with Gasteiger partial charge < -0.3 is 16.0 Å². The van der Waals surface area contributed by atoms with Gasteiger partial charge in [0.2, 0.25) is 5.91 Å². The summed E-state index contributed by atoms with van der Waals surface area (Å²) in [7, 11) is 0. The molecular formula is C18H24N4O2S2. The van der Waals surface area contributed by atoms with Gasteiger partial charge in [0.15, 0.2) is 0 Å². The van der Waals surface area contributed by atoms with Crippen molar-refractivity contribution < 1.29 is 4.79 Å². The van der Waals surface area contributed by atoms with Crippen LogP contribution < -0.4 is 16.6 Å². The highest BCUT2D eigenvalue weighted by Gasteiger charge is 2.28. The number of thiophene rings is 1. The Kier molecular flexibility index (Phi) is 5.33. The first-order valence-electron chi connectivity index (χ1n) is 9.25. The van der Waals surface area contributed by atoms with Gasteiger partial charge in [0.1, 0.15) is 10.7 Å². The van der Waals surface area contributed by atoms with Crippen molar-refractivity contribution in [1.29, 1.82) is 0 Å². The molecule has 8 heteroatoms. The van der Waals surface area contributed by atoms with Crippen LogP contribution in [0, 0.1) is 5.92 Å². The third-order valence-corrected chi connectivity index (χ3v) is 7.25. The van der Waals surface area contributed by atoms with Gasteiger partial charge in [-0.3, -0.25) is 9.59 Å². The molecule has 26 heavy (non-hydrogen) atoms. The van der Waals surface area contributed by atoms with Crippen molar-refractivity contribution in [2.24, 2.45) is 11.7 Å². The van der Waals surface area contributed by atoms with Gasteiger partial charge in [-0.1, -0.05) is 0 Å². The van der Waals surface area contributed by atoms with E-state index in [-0.39, 0.29) is 17.5 Å². The molecule has 1 unspecified atom stereocenters. The van der Waals surface area contributed by atoms with Gasteiger partial charge >= 0.3 is 0 Å². The topological polar surface area (TPSA) is 101 Å². The van der Waals surface area contributed by atoms with Crippen molar-refractivity contribution in [3.8, 4) is 0 Å². The maximum absolute atomic E-state index is 12.4. The molecular weight excluding hydrogens is 368 g/mol. The highest BCUT2D eigenvalue weighted by Crippen LogP contribution is 2.34. The number of nitrogens with two attached hydrogens (primary N) is 1. The van der Waals surface area contributed by atoms with E-state index in [1.807, 2.05) is 0 Å². The van der Waals surface area contributed by atoms with Crippen molar-refractivity contribution in [3.05, 3.63) is 26.6 Å². The fourth-order valence-corrected chi connectivity index (χ4v) is 5.55. The van der Waals surface area contributed by atoms with E-state index in [0.717, 1.165) is 29.5 Å². The summed E-state index contributed by atoms with van der Waals surface area (Å²) < 4.78 is 0. The zero-order chi connectivity index (χ0) is 18.1. The number of carbonyl (C=O) groups is 1. The van der Waals surface area contributed by atoms with Crippen molar-refractivity contribution in [2.75, 3.05) is 12.3 Å². The van der Waals surface area contributed by atoms with Gasteiger partial charge in [-0.25, -0.2) is 4.98 Å². The van der Waals surface area contributed by atoms with Gasteiger partial charge in [0, 0.05) is 29.6 Å². The molecule has 2 aliphatic carbocycles. The van der Waals surface area contributed by atoms with Crippen LogP contribution in [0.4, 0.5) is 0 Å². The lowest BCUT2D eigenvalue weighted by atomic mass is 10.2. The molecule has 1 atom stereocenters. The summed E-state index contributed by atoms with van der Waals surface area (Å²) in [6.45, 7) is 0.572. The summed E-state index contributed by atoms with van der Waals surface area (Å²) in [5, 5.41) is 3.70. The number of rotatable bonds is 8. The number of nitrogens with zero attached hydrogens (tertiary/aromatic N) is 1. The molecule has 2 aliphatic rings. The number of aryl methyl sites for hydroxylation is 2. The number of nitrogens with one attached hydrogen (secondary N) is 2. The summed E-state index contributed by atoms with van der Waals surface area (Å²) in [4.78, 5) is 34.0. The van der Waals surface area contributed by atoms with E-state index in [0.29, 0.717) is 36.2 Å². The Morgan fingerprint density at radius 3 is 3.08 bits per heavy atom. The molecule has 1 saturated carbocycles. The molecule has 0 bridgehead atoms. The summed E-state index contributed by atoms with van der Waals surface area (Å²) in [5.41, 5.74) is 7.17. The average Bonchev–Trinajstić information content (AvgIpc) is 3.27.